The first-order chi connectivity index (χ1) is 8.10. The van der Waals surface area contributed by atoms with Gasteiger partial charge < -0.3 is 9.47 Å². The van der Waals surface area contributed by atoms with E-state index in [-0.39, 0.29) is 0 Å². The van der Waals surface area contributed by atoms with Crippen molar-refractivity contribution < 1.29 is 19.1 Å². The summed E-state index contributed by atoms with van der Waals surface area (Å²) in [6, 6.07) is 4.85. The number of benzene rings is 1. The molecule has 0 fully saturated rings. The molecule has 4 nitrogen and oxygen atoms in total. The van der Waals surface area contributed by atoms with Crippen LogP contribution in [0.15, 0.2) is 18.2 Å². The molecule has 1 aromatic rings. The maximum atomic E-state index is 11.6. The van der Waals surface area contributed by atoms with Gasteiger partial charge in [0.05, 0.1) is 24.3 Å². The Morgan fingerprint density at radius 1 is 1.06 bits per heavy atom. The smallest absolute Gasteiger partial charge is 0.338 e. The molecule has 0 spiro atoms. The van der Waals surface area contributed by atoms with Crippen LogP contribution in [0.5, 0.6) is 0 Å². The van der Waals surface area contributed by atoms with Crippen LogP contribution < -0.4 is 0 Å². The highest BCUT2D eigenvalue weighted by molar-refractivity contribution is 5.96. The molecule has 0 saturated carbocycles. The van der Waals surface area contributed by atoms with Gasteiger partial charge in [0.15, 0.2) is 0 Å². The zero-order valence-electron chi connectivity index (χ0n) is 10.3. The first-order valence-electron chi connectivity index (χ1n) is 5.55. The van der Waals surface area contributed by atoms with Crippen LogP contribution in [-0.2, 0) is 9.47 Å². The molecule has 0 aliphatic carbocycles. The largest absolute Gasteiger partial charge is 0.462 e. The SMILES string of the molecule is CCOC(=O)c1ccc(C)c(C(=O)OCC)c1. The van der Waals surface area contributed by atoms with Crippen LogP contribution in [0.3, 0.4) is 0 Å². The first-order valence-corrected chi connectivity index (χ1v) is 5.55. The number of ether oxygens (including phenoxy) is 2. The highest BCUT2D eigenvalue weighted by Gasteiger charge is 2.14. The van der Waals surface area contributed by atoms with Crippen molar-refractivity contribution in [2.45, 2.75) is 20.8 Å². The van der Waals surface area contributed by atoms with E-state index in [4.69, 9.17) is 9.47 Å². The normalized spacial score (nSPS) is 9.82. The average molecular weight is 236 g/mol. The van der Waals surface area contributed by atoms with Gasteiger partial charge in [0.2, 0.25) is 0 Å². The summed E-state index contributed by atoms with van der Waals surface area (Å²) in [5.74, 6) is -0.853. The Morgan fingerprint density at radius 2 is 1.65 bits per heavy atom. The third-order valence-corrected chi connectivity index (χ3v) is 2.24. The minimum atomic E-state index is -0.432. The van der Waals surface area contributed by atoms with Crippen LogP contribution in [0.1, 0.15) is 40.1 Å². The molecule has 0 unspecified atom stereocenters. The summed E-state index contributed by atoms with van der Waals surface area (Å²) >= 11 is 0. The Morgan fingerprint density at radius 3 is 2.24 bits per heavy atom. The van der Waals surface area contributed by atoms with Crippen molar-refractivity contribution in [1.82, 2.24) is 0 Å². The van der Waals surface area contributed by atoms with Gasteiger partial charge in [-0.3, -0.25) is 0 Å². The quantitative estimate of drug-likeness (QED) is 0.753. The number of hydrogen-bond acceptors (Lipinski definition) is 4. The maximum absolute atomic E-state index is 11.6. The number of hydrogen-bond donors (Lipinski definition) is 0. The van der Waals surface area contributed by atoms with Crippen LogP contribution in [-0.4, -0.2) is 25.2 Å². The third kappa shape index (κ3) is 3.31. The summed E-state index contributed by atoms with van der Waals surface area (Å²) in [5, 5.41) is 0. The van der Waals surface area contributed by atoms with E-state index in [9.17, 15) is 9.59 Å². The molecule has 0 N–H and O–H groups in total. The molecule has 0 atom stereocenters. The predicted octanol–water partition coefficient (Wildman–Crippen LogP) is 2.35. The van der Waals surface area contributed by atoms with E-state index in [1.54, 1.807) is 32.9 Å². The number of carbonyl (C=O) groups excluding carboxylic acids is 2. The van der Waals surface area contributed by atoms with Gasteiger partial charge >= 0.3 is 11.9 Å². The maximum Gasteiger partial charge on any atom is 0.338 e. The number of esters is 2. The minimum Gasteiger partial charge on any atom is -0.462 e. The van der Waals surface area contributed by atoms with Crippen molar-refractivity contribution in [3.63, 3.8) is 0 Å². The van der Waals surface area contributed by atoms with Crippen molar-refractivity contribution >= 4 is 11.9 Å². The van der Waals surface area contributed by atoms with E-state index in [1.807, 2.05) is 0 Å². The van der Waals surface area contributed by atoms with Gasteiger partial charge in [-0.05, 0) is 38.5 Å². The molecule has 1 rings (SSSR count). The molecular weight excluding hydrogens is 220 g/mol. The summed E-state index contributed by atoms with van der Waals surface area (Å²) < 4.78 is 9.78. The van der Waals surface area contributed by atoms with E-state index in [1.165, 1.54) is 6.07 Å². The highest BCUT2D eigenvalue weighted by atomic mass is 16.5. The van der Waals surface area contributed by atoms with Crippen LogP contribution in [0.4, 0.5) is 0 Å². The lowest BCUT2D eigenvalue weighted by atomic mass is 10.1. The summed E-state index contributed by atoms with van der Waals surface area (Å²) in [5.41, 5.74) is 1.54. The molecule has 0 aliphatic heterocycles. The van der Waals surface area contributed by atoms with Crippen molar-refractivity contribution in [2.24, 2.45) is 0 Å². The van der Waals surface area contributed by atoms with Crippen molar-refractivity contribution in [1.29, 1.82) is 0 Å². The second-order valence-corrected chi connectivity index (χ2v) is 3.47. The number of carbonyl (C=O) groups is 2. The van der Waals surface area contributed by atoms with Gasteiger partial charge in [-0.2, -0.15) is 0 Å². The zero-order valence-corrected chi connectivity index (χ0v) is 10.3. The van der Waals surface area contributed by atoms with Crippen LogP contribution in [0.25, 0.3) is 0 Å². The summed E-state index contributed by atoms with van der Waals surface area (Å²) in [4.78, 5) is 23.1. The van der Waals surface area contributed by atoms with Gasteiger partial charge in [0.25, 0.3) is 0 Å². The Balaban J connectivity index is 3.02. The van der Waals surface area contributed by atoms with Crippen molar-refractivity contribution in [3.8, 4) is 0 Å². The van der Waals surface area contributed by atoms with Crippen molar-refractivity contribution in [3.05, 3.63) is 34.9 Å². The Labute approximate surface area is 101 Å². The van der Waals surface area contributed by atoms with Gasteiger partial charge in [-0.25, -0.2) is 9.59 Å². The van der Waals surface area contributed by atoms with Gasteiger partial charge in [-0.1, -0.05) is 6.07 Å². The molecule has 17 heavy (non-hydrogen) atoms. The minimum absolute atomic E-state index is 0.307. The Bertz CT molecular complexity index is 423. The van der Waals surface area contributed by atoms with Gasteiger partial charge in [0.1, 0.15) is 0 Å². The van der Waals surface area contributed by atoms with Crippen molar-refractivity contribution in [2.75, 3.05) is 13.2 Å². The molecule has 0 radical (unpaired) electrons. The topological polar surface area (TPSA) is 52.6 Å². The molecule has 92 valence electrons. The fourth-order valence-electron chi connectivity index (χ4n) is 1.39. The Kier molecular flexibility index (Phi) is 4.69. The highest BCUT2D eigenvalue weighted by Crippen LogP contribution is 2.13. The molecular formula is C13H16O4. The predicted molar refractivity (Wildman–Crippen MR) is 63.1 cm³/mol. The fourth-order valence-corrected chi connectivity index (χ4v) is 1.39. The van der Waals surface area contributed by atoms with E-state index in [0.29, 0.717) is 24.3 Å². The number of rotatable bonds is 4. The summed E-state index contributed by atoms with van der Waals surface area (Å²) in [7, 11) is 0. The van der Waals surface area contributed by atoms with E-state index < -0.39 is 11.9 Å². The zero-order chi connectivity index (χ0) is 12.8. The first kappa shape index (κ1) is 13.2. The van der Waals surface area contributed by atoms with E-state index in [2.05, 4.69) is 0 Å². The summed E-state index contributed by atoms with van der Waals surface area (Å²) in [6.45, 7) is 5.88. The lowest BCUT2D eigenvalue weighted by Crippen LogP contribution is -2.10. The van der Waals surface area contributed by atoms with Gasteiger partial charge in [-0.15, -0.1) is 0 Å². The monoisotopic (exact) mass is 236 g/mol. The van der Waals surface area contributed by atoms with E-state index >= 15 is 0 Å². The van der Waals surface area contributed by atoms with Crippen LogP contribution in [0.2, 0.25) is 0 Å². The fraction of sp³-hybridized carbons (Fsp3) is 0.385. The second-order valence-electron chi connectivity index (χ2n) is 3.47. The standard InChI is InChI=1S/C13H16O4/c1-4-16-12(14)10-7-6-9(3)11(8-10)13(15)17-5-2/h6-8H,4-5H2,1-3H3. The molecule has 0 aliphatic rings. The molecule has 0 saturated heterocycles. The Hall–Kier alpha value is -1.84. The molecule has 0 bridgehead atoms. The third-order valence-electron chi connectivity index (χ3n) is 2.24. The second kappa shape index (κ2) is 6.03. The number of aryl methyl sites for hydroxylation is 1. The van der Waals surface area contributed by atoms with Crippen LogP contribution in [0, 0.1) is 6.92 Å². The molecule has 4 heteroatoms. The summed E-state index contributed by atoms with van der Waals surface area (Å²) in [6.07, 6.45) is 0. The molecule has 1 aromatic carbocycles. The van der Waals surface area contributed by atoms with Crippen LogP contribution >= 0.6 is 0 Å². The molecule has 0 heterocycles. The molecule has 0 aromatic heterocycles. The molecule has 0 amide bonds. The van der Waals surface area contributed by atoms with E-state index in [0.717, 1.165) is 5.56 Å². The lowest BCUT2D eigenvalue weighted by molar-refractivity contribution is 0.0525. The van der Waals surface area contributed by atoms with Gasteiger partial charge in [0, 0.05) is 0 Å². The average Bonchev–Trinajstić information content (AvgIpc) is 2.30. The lowest BCUT2D eigenvalue weighted by Gasteiger charge is -2.07.